The van der Waals surface area contributed by atoms with Crippen molar-refractivity contribution in [1.29, 1.82) is 0 Å². The molecule has 0 radical (unpaired) electrons. The summed E-state index contributed by atoms with van der Waals surface area (Å²) in [7, 11) is -2.86. The van der Waals surface area contributed by atoms with Crippen molar-refractivity contribution in [3.05, 3.63) is 124 Å². The summed E-state index contributed by atoms with van der Waals surface area (Å²) in [4.78, 5) is 30.1. The summed E-state index contributed by atoms with van der Waals surface area (Å²) in [6.45, 7) is 4.87. The first-order chi connectivity index (χ1) is 22.5. The molecule has 1 N–H and O–H groups in total. The van der Waals surface area contributed by atoms with Gasteiger partial charge in [-0.3, -0.25) is 13.9 Å². The Hall–Kier alpha value is -4.05. The number of halogens is 2. The highest BCUT2D eigenvalue weighted by molar-refractivity contribution is 7.92. The van der Waals surface area contributed by atoms with Gasteiger partial charge in [0.1, 0.15) is 18.3 Å². The van der Waals surface area contributed by atoms with E-state index in [9.17, 15) is 18.0 Å². The van der Waals surface area contributed by atoms with E-state index in [0.717, 1.165) is 15.4 Å². The second-order valence-corrected chi connectivity index (χ2v) is 13.9. The van der Waals surface area contributed by atoms with E-state index in [-0.39, 0.29) is 41.2 Å². The van der Waals surface area contributed by atoms with E-state index in [1.807, 2.05) is 51.1 Å². The molecule has 2 atom stereocenters. The smallest absolute Gasteiger partial charge is 0.264 e. The number of ether oxygens (including phenoxy) is 1. The van der Waals surface area contributed by atoms with Gasteiger partial charge in [-0.15, -0.1) is 0 Å². The van der Waals surface area contributed by atoms with Crippen LogP contribution in [0.3, 0.4) is 0 Å². The van der Waals surface area contributed by atoms with Crippen LogP contribution in [0.2, 0.25) is 10.0 Å². The Balaban J connectivity index is 1.88. The summed E-state index contributed by atoms with van der Waals surface area (Å²) in [5.41, 5.74) is 2.19. The molecule has 0 spiro atoms. The quantitative estimate of drug-likeness (QED) is 0.152. The van der Waals surface area contributed by atoms with Crippen LogP contribution in [0, 0.1) is 6.92 Å². The van der Waals surface area contributed by atoms with Gasteiger partial charge in [0.25, 0.3) is 10.0 Å². The normalized spacial score (nSPS) is 12.6. The number of carbonyl (C=O) groups excluding carboxylic acids is 2. The van der Waals surface area contributed by atoms with Crippen LogP contribution in [-0.2, 0) is 32.6 Å². The first-order valence-electron chi connectivity index (χ1n) is 15.2. The fraction of sp³-hybridized carbons (Fsp3) is 0.278. The minimum Gasteiger partial charge on any atom is -0.495 e. The molecule has 4 aromatic rings. The fourth-order valence-electron chi connectivity index (χ4n) is 5.08. The Morgan fingerprint density at radius 1 is 0.894 bits per heavy atom. The van der Waals surface area contributed by atoms with Gasteiger partial charge in [0, 0.05) is 34.6 Å². The van der Waals surface area contributed by atoms with Crippen LogP contribution < -0.4 is 14.4 Å². The molecule has 2 amide bonds. The van der Waals surface area contributed by atoms with Gasteiger partial charge in [0.05, 0.1) is 17.7 Å². The van der Waals surface area contributed by atoms with Crippen LogP contribution in [0.25, 0.3) is 0 Å². The lowest BCUT2D eigenvalue weighted by Crippen LogP contribution is -2.54. The highest BCUT2D eigenvalue weighted by Gasteiger charge is 2.36. The molecule has 0 saturated carbocycles. The number of hydrogen-bond acceptors (Lipinski definition) is 5. The molecule has 0 bridgehead atoms. The summed E-state index contributed by atoms with van der Waals surface area (Å²) in [5.74, 6) is -0.756. The van der Waals surface area contributed by atoms with Crippen molar-refractivity contribution in [1.82, 2.24) is 10.2 Å². The van der Waals surface area contributed by atoms with Crippen molar-refractivity contribution in [3.63, 3.8) is 0 Å². The molecule has 4 aromatic carbocycles. The van der Waals surface area contributed by atoms with Gasteiger partial charge in [-0.05, 0) is 67.8 Å². The Labute approximate surface area is 287 Å². The van der Waals surface area contributed by atoms with Gasteiger partial charge in [-0.25, -0.2) is 8.42 Å². The topological polar surface area (TPSA) is 96.0 Å². The van der Waals surface area contributed by atoms with E-state index in [1.165, 1.54) is 24.1 Å². The van der Waals surface area contributed by atoms with Crippen molar-refractivity contribution in [2.45, 2.75) is 57.1 Å². The Bertz CT molecular complexity index is 1770. The summed E-state index contributed by atoms with van der Waals surface area (Å²) < 4.78 is 35.2. The molecule has 0 aliphatic carbocycles. The maximum absolute atomic E-state index is 14.7. The number of nitrogens with zero attached hydrogens (tertiary/aromatic N) is 2. The van der Waals surface area contributed by atoms with Crippen LogP contribution >= 0.6 is 23.2 Å². The van der Waals surface area contributed by atoms with Gasteiger partial charge >= 0.3 is 0 Å². The van der Waals surface area contributed by atoms with Crippen molar-refractivity contribution in [3.8, 4) is 5.75 Å². The van der Waals surface area contributed by atoms with Crippen LogP contribution in [0.4, 0.5) is 5.69 Å². The summed E-state index contributed by atoms with van der Waals surface area (Å²) in [6.07, 6.45) is 0.834. The molecular formula is C36H39Cl2N3O5S. The third kappa shape index (κ3) is 8.86. The van der Waals surface area contributed by atoms with Crippen LogP contribution in [-0.4, -0.2) is 50.9 Å². The standard InChI is InChI=1S/C36H39Cl2N3O5S/c1-5-26(3)39-36(43)33(22-27-13-8-6-9-14-27)40(23-29-30(37)17-12-18-31(29)38)35(42)24-41(32-21-25(2)19-20-34(32)46-4)47(44,45)28-15-10-7-11-16-28/h6-21,26,33H,5,22-24H2,1-4H3,(H,39,43). The molecule has 11 heteroatoms. The second-order valence-electron chi connectivity index (χ2n) is 11.2. The third-order valence-electron chi connectivity index (χ3n) is 7.88. The Morgan fingerprint density at radius 3 is 2.11 bits per heavy atom. The lowest BCUT2D eigenvalue weighted by atomic mass is 10.0. The molecule has 4 rings (SSSR count). The van der Waals surface area contributed by atoms with Gasteiger partial charge in [-0.2, -0.15) is 0 Å². The van der Waals surface area contributed by atoms with E-state index in [4.69, 9.17) is 27.9 Å². The maximum Gasteiger partial charge on any atom is 0.264 e. The predicted molar refractivity (Wildman–Crippen MR) is 188 cm³/mol. The first-order valence-corrected chi connectivity index (χ1v) is 17.4. The van der Waals surface area contributed by atoms with E-state index >= 15 is 0 Å². The number of anilines is 1. The molecule has 0 heterocycles. The van der Waals surface area contributed by atoms with Crippen LogP contribution in [0.15, 0.2) is 102 Å². The number of amides is 2. The Kier molecular flexibility index (Phi) is 12.3. The number of hydrogen-bond donors (Lipinski definition) is 1. The molecule has 8 nitrogen and oxygen atoms in total. The highest BCUT2D eigenvalue weighted by Crippen LogP contribution is 2.34. The molecule has 2 unspecified atom stereocenters. The van der Waals surface area contributed by atoms with Crippen molar-refractivity contribution in [2.75, 3.05) is 18.0 Å². The number of nitrogens with one attached hydrogen (secondary N) is 1. The summed E-state index contributed by atoms with van der Waals surface area (Å²) in [5, 5.41) is 3.64. The Morgan fingerprint density at radius 2 is 1.51 bits per heavy atom. The first kappa shape index (κ1) is 35.8. The maximum atomic E-state index is 14.7. The largest absolute Gasteiger partial charge is 0.495 e. The lowest BCUT2D eigenvalue weighted by molar-refractivity contribution is -0.140. The fourth-order valence-corrected chi connectivity index (χ4v) is 7.03. The molecule has 0 saturated heterocycles. The van der Waals surface area contributed by atoms with Crippen molar-refractivity contribution < 1.29 is 22.7 Å². The zero-order valence-electron chi connectivity index (χ0n) is 26.8. The average molecular weight is 697 g/mol. The second kappa shape index (κ2) is 16.2. The number of rotatable bonds is 14. The third-order valence-corrected chi connectivity index (χ3v) is 10.4. The molecule has 0 aromatic heterocycles. The van der Waals surface area contributed by atoms with E-state index in [0.29, 0.717) is 22.0 Å². The molecule has 0 aliphatic heterocycles. The molecule has 47 heavy (non-hydrogen) atoms. The van der Waals surface area contributed by atoms with E-state index < -0.39 is 28.5 Å². The van der Waals surface area contributed by atoms with Crippen LogP contribution in [0.5, 0.6) is 5.75 Å². The number of benzene rings is 4. The SMILES string of the molecule is CCC(C)NC(=O)C(Cc1ccccc1)N(Cc1c(Cl)cccc1Cl)C(=O)CN(c1cc(C)ccc1OC)S(=O)(=O)c1ccccc1. The molecule has 0 aliphatic rings. The molecular weight excluding hydrogens is 657 g/mol. The van der Waals surface area contributed by atoms with Gasteiger partial charge in [0.15, 0.2) is 0 Å². The van der Waals surface area contributed by atoms with Gasteiger partial charge in [0.2, 0.25) is 11.8 Å². The number of sulfonamides is 1. The van der Waals surface area contributed by atoms with Gasteiger partial charge < -0.3 is 15.0 Å². The molecule has 0 fully saturated rings. The highest BCUT2D eigenvalue weighted by atomic mass is 35.5. The zero-order valence-corrected chi connectivity index (χ0v) is 29.1. The van der Waals surface area contributed by atoms with Crippen LogP contribution in [0.1, 0.15) is 37.0 Å². The summed E-state index contributed by atoms with van der Waals surface area (Å²) in [6, 6.07) is 26.1. The number of methoxy groups -OCH3 is 1. The monoisotopic (exact) mass is 695 g/mol. The molecule has 248 valence electrons. The number of aryl methyl sites for hydroxylation is 1. The predicted octanol–water partition coefficient (Wildman–Crippen LogP) is 7.06. The minimum atomic E-state index is -4.30. The van der Waals surface area contributed by atoms with Gasteiger partial charge in [-0.1, -0.05) is 90.8 Å². The zero-order chi connectivity index (χ0) is 34.1. The van der Waals surface area contributed by atoms with E-state index in [2.05, 4.69) is 5.32 Å². The van der Waals surface area contributed by atoms with Crippen molar-refractivity contribution in [2.24, 2.45) is 0 Å². The van der Waals surface area contributed by atoms with E-state index in [1.54, 1.807) is 54.6 Å². The summed E-state index contributed by atoms with van der Waals surface area (Å²) >= 11 is 13.2. The minimum absolute atomic E-state index is 0.00703. The average Bonchev–Trinajstić information content (AvgIpc) is 3.06. The number of carbonyl (C=O) groups is 2. The van der Waals surface area contributed by atoms with Crippen molar-refractivity contribution >= 4 is 50.7 Å². The lowest BCUT2D eigenvalue weighted by Gasteiger charge is -2.35.